The summed E-state index contributed by atoms with van der Waals surface area (Å²) in [6.07, 6.45) is 1.47. The number of rotatable bonds is 6. The van der Waals surface area contributed by atoms with Gasteiger partial charge in [-0.15, -0.1) is 0 Å². The Balaban J connectivity index is 1.93. The Hall–Kier alpha value is -1.57. The standard InChI is InChI=1S/C16H13Br2ClN2O3/c1-23-14-7-11(17)6-12(18)16(14)24-9-15(22)21-20-8-10-4-2-3-5-13(10)19/h2-8H,9H2,1H3,(H,21,22)/b20-8+. The Bertz CT molecular complexity index is 769. The smallest absolute Gasteiger partial charge is 0.277 e. The van der Waals surface area contributed by atoms with Crippen LogP contribution in [0.3, 0.4) is 0 Å². The van der Waals surface area contributed by atoms with Gasteiger partial charge in [-0.1, -0.05) is 45.7 Å². The maximum atomic E-state index is 11.8. The number of carbonyl (C=O) groups excluding carboxylic acids is 1. The molecule has 2 rings (SSSR count). The second-order valence-corrected chi connectivity index (χ2v) is 6.70. The second-order valence-electron chi connectivity index (χ2n) is 4.52. The van der Waals surface area contributed by atoms with Crippen LogP contribution in [0, 0.1) is 0 Å². The molecule has 5 nitrogen and oxygen atoms in total. The molecule has 126 valence electrons. The average molecular weight is 477 g/mol. The summed E-state index contributed by atoms with van der Waals surface area (Å²) in [5, 5.41) is 4.41. The highest BCUT2D eigenvalue weighted by molar-refractivity contribution is 9.11. The molecule has 2 aromatic carbocycles. The Kier molecular flexibility index (Phi) is 7.08. The highest BCUT2D eigenvalue weighted by Gasteiger charge is 2.12. The van der Waals surface area contributed by atoms with Gasteiger partial charge in [-0.05, 0) is 34.1 Å². The molecule has 0 saturated carbocycles. The molecule has 24 heavy (non-hydrogen) atoms. The summed E-state index contributed by atoms with van der Waals surface area (Å²) in [6, 6.07) is 10.7. The molecule has 0 aliphatic rings. The summed E-state index contributed by atoms with van der Waals surface area (Å²) in [7, 11) is 1.52. The van der Waals surface area contributed by atoms with Crippen molar-refractivity contribution >= 4 is 55.6 Å². The molecule has 0 aromatic heterocycles. The normalized spacial score (nSPS) is 10.7. The monoisotopic (exact) mass is 474 g/mol. The zero-order valence-electron chi connectivity index (χ0n) is 12.6. The van der Waals surface area contributed by atoms with Crippen LogP contribution in [0.5, 0.6) is 11.5 Å². The molecular weight excluding hydrogens is 463 g/mol. The van der Waals surface area contributed by atoms with Crippen molar-refractivity contribution < 1.29 is 14.3 Å². The first-order chi connectivity index (χ1) is 11.5. The average Bonchev–Trinajstić information content (AvgIpc) is 2.55. The molecule has 1 amide bonds. The van der Waals surface area contributed by atoms with Crippen LogP contribution >= 0.6 is 43.5 Å². The third kappa shape index (κ3) is 5.22. The van der Waals surface area contributed by atoms with Crippen LogP contribution in [-0.2, 0) is 4.79 Å². The van der Waals surface area contributed by atoms with Crippen molar-refractivity contribution in [3.05, 3.63) is 55.9 Å². The van der Waals surface area contributed by atoms with Crippen LogP contribution in [0.25, 0.3) is 0 Å². The molecule has 0 atom stereocenters. The van der Waals surface area contributed by atoms with Crippen LogP contribution < -0.4 is 14.9 Å². The summed E-state index contributed by atoms with van der Waals surface area (Å²) >= 11 is 12.7. The summed E-state index contributed by atoms with van der Waals surface area (Å²) in [6.45, 7) is -0.212. The molecule has 0 radical (unpaired) electrons. The predicted octanol–water partition coefficient (Wildman–Crippen LogP) is 4.40. The number of halogens is 3. The molecule has 1 N–H and O–H groups in total. The lowest BCUT2D eigenvalue weighted by Gasteiger charge is -2.12. The van der Waals surface area contributed by atoms with Gasteiger partial charge in [0.2, 0.25) is 0 Å². The fraction of sp³-hybridized carbons (Fsp3) is 0.125. The summed E-state index contributed by atoms with van der Waals surface area (Å²) in [5.74, 6) is 0.532. The zero-order chi connectivity index (χ0) is 17.5. The minimum Gasteiger partial charge on any atom is -0.493 e. The number of amides is 1. The van der Waals surface area contributed by atoms with Crippen LogP contribution in [-0.4, -0.2) is 25.8 Å². The molecule has 0 aliphatic carbocycles. The lowest BCUT2D eigenvalue weighted by molar-refractivity contribution is -0.123. The number of nitrogens with one attached hydrogen (secondary N) is 1. The van der Waals surface area contributed by atoms with Crippen molar-refractivity contribution in [2.24, 2.45) is 5.10 Å². The molecule has 0 fully saturated rings. The number of benzene rings is 2. The first kappa shape index (κ1) is 18.8. The van der Waals surface area contributed by atoms with Gasteiger partial charge in [-0.2, -0.15) is 5.10 Å². The lowest BCUT2D eigenvalue weighted by atomic mass is 10.2. The van der Waals surface area contributed by atoms with Gasteiger partial charge in [-0.25, -0.2) is 5.43 Å². The summed E-state index contributed by atoms with van der Waals surface area (Å²) in [5.41, 5.74) is 3.08. The van der Waals surface area contributed by atoms with Crippen molar-refractivity contribution in [3.8, 4) is 11.5 Å². The highest BCUT2D eigenvalue weighted by atomic mass is 79.9. The number of carbonyl (C=O) groups is 1. The van der Waals surface area contributed by atoms with E-state index in [1.54, 1.807) is 24.3 Å². The van der Waals surface area contributed by atoms with E-state index in [0.717, 1.165) is 4.47 Å². The molecule has 0 bridgehead atoms. The largest absolute Gasteiger partial charge is 0.493 e. The number of hydrazone groups is 1. The highest BCUT2D eigenvalue weighted by Crippen LogP contribution is 2.38. The number of methoxy groups -OCH3 is 1. The third-order valence-electron chi connectivity index (χ3n) is 2.84. The zero-order valence-corrected chi connectivity index (χ0v) is 16.5. The molecule has 0 heterocycles. The molecular formula is C16H13Br2ClN2O3. The number of hydrogen-bond acceptors (Lipinski definition) is 4. The number of hydrogen-bond donors (Lipinski definition) is 1. The van der Waals surface area contributed by atoms with Gasteiger partial charge in [0.05, 0.1) is 17.8 Å². The third-order valence-corrected chi connectivity index (χ3v) is 4.23. The summed E-state index contributed by atoms with van der Waals surface area (Å²) < 4.78 is 12.2. The SMILES string of the molecule is COc1cc(Br)cc(Br)c1OCC(=O)N/N=C/c1ccccc1Cl. The van der Waals surface area contributed by atoms with Gasteiger partial charge >= 0.3 is 0 Å². The Morgan fingerprint density at radius 1 is 1.33 bits per heavy atom. The lowest BCUT2D eigenvalue weighted by Crippen LogP contribution is -2.24. The number of ether oxygens (including phenoxy) is 2. The first-order valence-electron chi connectivity index (χ1n) is 6.73. The van der Waals surface area contributed by atoms with E-state index in [2.05, 4.69) is 42.4 Å². The van der Waals surface area contributed by atoms with E-state index in [1.807, 2.05) is 12.1 Å². The first-order valence-corrected chi connectivity index (χ1v) is 8.70. The predicted molar refractivity (Wildman–Crippen MR) is 101 cm³/mol. The molecule has 0 aliphatic heterocycles. The van der Waals surface area contributed by atoms with Crippen LogP contribution in [0.1, 0.15) is 5.56 Å². The van der Waals surface area contributed by atoms with E-state index >= 15 is 0 Å². The van der Waals surface area contributed by atoms with Crippen molar-refractivity contribution in [2.75, 3.05) is 13.7 Å². The van der Waals surface area contributed by atoms with Crippen LogP contribution in [0.15, 0.2) is 50.4 Å². The Labute approximate surface area is 161 Å². The van der Waals surface area contributed by atoms with Gasteiger partial charge in [0.1, 0.15) is 0 Å². The van der Waals surface area contributed by atoms with E-state index in [4.69, 9.17) is 21.1 Å². The van der Waals surface area contributed by atoms with E-state index in [1.165, 1.54) is 13.3 Å². The van der Waals surface area contributed by atoms with Crippen molar-refractivity contribution in [1.29, 1.82) is 0 Å². The van der Waals surface area contributed by atoms with E-state index < -0.39 is 5.91 Å². The number of nitrogens with zero attached hydrogens (tertiary/aromatic N) is 1. The quantitative estimate of drug-likeness (QED) is 0.497. The van der Waals surface area contributed by atoms with E-state index in [9.17, 15) is 4.79 Å². The Morgan fingerprint density at radius 3 is 2.79 bits per heavy atom. The van der Waals surface area contributed by atoms with Gasteiger partial charge in [0.25, 0.3) is 5.91 Å². The van der Waals surface area contributed by atoms with Crippen molar-refractivity contribution in [2.45, 2.75) is 0 Å². The van der Waals surface area contributed by atoms with Crippen LogP contribution in [0.4, 0.5) is 0 Å². The topological polar surface area (TPSA) is 59.9 Å². The van der Waals surface area contributed by atoms with Gasteiger partial charge < -0.3 is 9.47 Å². The second kappa shape index (κ2) is 9.05. The van der Waals surface area contributed by atoms with Crippen molar-refractivity contribution in [1.82, 2.24) is 5.43 Å². The maximum absolute atomic E-state index is 11.8. The maximum Gasteiger partial charge on any atom is 0.277 e. The van der Waals surface area contributed by atoms with E-state index in [-0.39, 0.29) is 6.61 Å². The fourth-order valence-electron chi connectivity index (χ4n) is 1.75. The molecule has 8 heteroatoms. The van der Waals surface area contributed by atoms with E-state index in [0.29, 0.717) is 26.6 Å². The fourth-order valence-corrected chi connectivity index (χ4v) is 3.24. The van der Waals surface area contributed by atoms with Gasteiger partial charge in [-0.3, -0.25) is 4.79 Å². The van der Waals surface area contributed by atoms with Gasteiger partial charge in [0.15, 0.2) is 18.1 Å². The molecule has 0 saturated heterocycles. The minimum absolute atomic E-state index is 0.212. The molecule has 2 aromatic rings. The minimum atomic E-state index is -0.407. The molecule has 0 unspecified atom stereocenters. The Morgan fingerprint density at radius 2 is 2.08 bits per heavy atom. The van der Waals surface area contributed by atoms with Crippen LogP contribution in [0.2, 0.25) is 5.02 Å². The molecule has 0 spiro atoms. The van der Waals surface area contributed by atoms with Crippen molar-refractivity contribution in [3.63, 3.8) is 0 Å². The summed E-state index contributed by atoms with van der Waals surface area (Å²) in [4.78, 5) is 11.8. The van der Waals surface area contributed by atoms with Gasteiger partial charge in [0, 0.05) is 15.1 Å².